The summed E-state index contributed by atoms with van der Waals surface area (Å²) >= 11 is 6.00. The zero-order valence-corrected chi connectivity index (χ0v) is 16.5. The maximum atomic E-state index is 6.00. The first-order valence-electron chi connectivity index (χ1n) is 8.97. The lowest BCUT2D eigenvalue weighted by atomic mass is 10.1. The van der Waals surface area contributed by atoms with E-state index in [1.807, 2.05) is 43.5 Å². The minimum atomic E-state index is 0.724. The Labute approximate surface area is 157 Å². The van der Waals surface area contributed by atoms with Gasteiger partial charge in [0.05, 0.1) is 5.69 Å². The highest BCUT2D eigenvalue weighted by atomic mass is 35.5. The summed E-state index contributed by atoms with van der Waals surface area (Å²) in [6.07, 6.45) is 13.8. The van der Waals surface area contributed by atoms with Crippen LogP contribution in [-0.2, 0) is 6.54 Å². The van der Waals surface area contributed by atoms with Crippen LogP contribution in [0.2, 0.25) is 5.02 Å². The van der Waals surface area contributed by atoms with E-state index in [1.165, 1.54) is 31.2 Å². The molecule has 1 heterocycles. The van der Waals surface area contributed by atoms with E-state index in [1.54, 1.807) is 6.20 Å². The van der Waals surface area contributed by atoms with Gasteiger partial charge in [-0.3, -0.25) is 4.99 Å². The van der Waals surface area contributed by atoms with E-state index in [-0.39, 0.29) is 0 Å². The fourth-order valence-corrected chi connectivity index (χ4v) is 2.58. The molecular formula is C21H30ClN3. The number of hydrogen-bond acceptors (Lipinski definition) is 3. The van der Waals surface area contributed by atoms with Crippen molar-refractivity contribution >= 4 is 29.8 Å². The molecule has 0 aromatic heterocycles. The molecular weight excluding hydrogens is 330 g/mol. The third-order valence-corrected chi connectivity index (χ3v) is 4.08. The van der Waals surface area contributed by atoms with Gasteiger partial charge in [-0.25, -0.2) is 4.99 Å². The van der Waals surface area contributed by atoms with Crippen LogP contribution in [0.1, 0.15) is 51.5 Å². The fourth-order valence-electron chi connectivity index (χ4n) is 2.41. The zero-order chi connectivity index (χ0) is 18.5. The van der Waals surface area contributed by atoms with Crippen LogP contribution < -0.4 is 0 Å². The van der Waals surface area contributed by atoms with Gasteiger partial charge in [0, 0.05) is 31.2 Å². The summed E-state index contributed by atoms with van der Waals surface area (Å²) in [6, 6.07) is 5.85. The number of unbranched alkanes of at least 4 members (excludes halogenated alkanes) is 3. The van der Waals surface area contributed by atoms with Crippen molar-refractivity contribution in [3.05, 3.63) is 53.2 Å². The van der Waals surface area contributed by atoms with Crippen molar-refractivity contribution in [1.82, 2.24) is 4.90 Å². The van der Waals surface area contributed by atoms with Crippen LogP contribution >= 0.6 is 11.6 Å². The number of aliphatic imine (C=N–C) groups is 2. The Morgan fingerprint density at radius 2 is 1.96 bits per heavy atom. The molecule has 2 rings (SSSR count). The molecule has 0 saturated heterocycles. The summed E-state index contributed by atoms with van der Waals surface area (Å²) in [7, 11) is 2.05. The van der Waals surface area contributed by atoms with Gasteiger partial charge in [0.1, 0.15) is 5.84 Å². The van der Waals surface area contributed by atoms with Crippen molar-refractivity contribution in [1.29, 1.82) is 0 Å². The molecule has 136 valence electrons. The second-order valence-corrected chi connectivity index (χ2v) is 6.46. The monoisotopic (exact) mass is 359 g/mol. The summed E-state index contributed by atoms with van der Waals surface area (Å²) in [6.45, 7) is 8.71. The Bertz CT molecular complexity index is 614. The van der Waals surface area contributed by atoms with E-state index >= 15 is 0 Å². The van der Waals surface area contributed by atoms with Crippen LogP contribution in [0, 0.1) is 0 Å². The van der Waals surface area contributed by atoms with Crippen LogP contribution in [0.15, 0.2) is 52.6 Å². The largest absolute Gasteiger partial charge is 0.358 e. The van der Waals surface area contributed by atoms with Gasteiger partial charge in [0.2, 0.25) is 0 Å². The number of amidine groups is 1. The number of fused-ring (bicyclic) bond motifs is 1. The summed E-state index contributed by atoms with van der Waals surface area (Å²) < 4.78 is 0. The summed E-state index contributed by atoms with van der Waals surface area (Å²) in [4.78, 5) is 10.4. The lowest BCUT2D eigenvalue weighted by Crippen LogP contribution is -2.28. The fraction of sp³-hybridized carbons (Fsp3) is 0.429. The number of nitrogens with zero attached hydrogens (tertiary/aromatic N) is 3. The second kappa shape index (κ2) is 12.5. The standard InChI is InChI=1S/C15H16ClN3.C6H14/c1-17-9-5-3-4-6-15-18-14-10-13(16)8-7-12(14)11-19(15)2;1-3-5-6-4-2/h3-5,7-10H,1,6,11H2,2H3;3-6H2,1-2H3/b4-3-,9-5-;. The molecule has 0 aliphatic carbocycles. The first kappa shape index (κ1) is 21.2. The van der Waals surface area contributed by atoms with E-state index < -0.39 is 0 Å². The van der Waals surface area contributed by atoms with Crippen LogP contribution in [0.4, 0.5) is 5.69 Å². The Kier molecular flexibility index (Phi) is 10.6. The van der Waals surface area contributed by atoms with Crippen molar-refractivity contribution in [2.24, 2.45) is 9.98 Å². The number of halogens is 1. The van der Waals surface area contributed by atoms with Crippen LogP contribution in [0.3, 0.4) is 0 Å². The molecule has 4 heteroatoms. The lowest BCUT2D eigenvalue weighted by molar-refractivity contribution is 0.486. The number of rotatable bonds is 7. The van der Waals surface area contributed by atoms with Crippen molar-refractivity contribution in [3.8, 4) is 0 Å². The Morgan fingerprint density at radius 3 is 2.60 bits per heavy atom. The molecule has 1 aliphatic heterocycles. The van der Waals surface area contributed by atoms with Gasteiger partial charge in [-0.2, -0.15) is 0 Å². The van der Waals surface area contributed by atoms with E-state index in [4.69, 9.17) is 11.6 Å². The minimum Gasteiger partial charge on any atom is -0.358 e. The number of benzene rings is 1. The first-order valence-corrected chi connectivity index (χ1v) is 9.34. The highest BCUT2D eigenvalue weighted by Gasteiger charge is 2.15. The molecule has 0 spiro atoms. The average molecular weight is 360 g/mol. The van der Waals surface area contributed by atoms with Crippen molar-refractivity contribution in [2.75, 3.05) is 7.05 Å². The van der Waals surface area contributed by atoms with Crippen LogP contribution in [0.5, 0.6) is 0 Å². The molecule has 0 radical (unpaired) electrons. The highest BCUT2D eigenvalue weighted by Crippen LogP contribution is 2.29. The predicted molar refractivity (Wildman–Crippen MR) is 112 cm³/mol. The Morgan fingerprint density at radius 1 is 1.24 bits per heavy atom. The van der Waals surface area contributed by atoms with Gasteiger partial charge >= 0.3 is 0 Å². The molecule has 0 unspecified atom stereocenters. The van der Waals surface area contributed by atoms with Crippen molar-refractivity contribution < 1.29 is 0 Å². The van der Waals surface area contributed by atoms with E-state index in [9.17, 15) is 0 Å². The minimum absolute atomic E-state index is 0.724. The smallest absolute Gasteiger partial charge is 0.109 e. The Hall–Kier alpha value is -1.87. The molecule has 1 aromatic carbocycles. The molecule has 3 nitrogen and oxygen atoms in total. The molecule has 0 N–H and O–H groups in total. The van der Waals surface area contributed by atoms with Gasteiger partial charge in [-0.15, -0.1) is 0 Å². The quantitative estimate of drug-likeness (QED) is 0.307. The van der Waals surface area contributed by atoms with Crippen molar-refractivity contribution in [3.63, 3.8) is 0 Å². The van der Waals surface area contributed by atoms with Gasteiger partial charge in [0.25, 0.3) is 0 Å². The maximum Gasteiger partial charge on any atom is 0.109 e. The highest BCUT2D eigenvalue weighted by molar-refractivity contribution is 6.30. The topological polar surface area (TPSA) is 28.0 Å². The first-order chi connectivity index (χ1) is 12.1. The average Bonchev–Trinajstić information content (AvgIpc) is 2.61. The zero-order valence-electron chi connectivity index (χ0n) is 15.7. The number of hydrogen-bond donors (Lipinski definition) is 0. The predicted octanol–water partition coefficient (Wildman–Crippen LogP) is 6.56. The molecule has 1 aromatic rings. The number of allylic oxidation sites excluding steroid dienone is 2. The molecule has 0 atom stereocenters. The van der Waals surface area contributed by atoms with Gasteiger partial charge in [-0.05, 0) is 30.5 Å². The van der Waals surface area contributed by atoms with Gasteiger partial charge < -0.3 is 4.90 Å². The van der Waals surface area contributed by atoms with E-state index in [0.29, 0.717) is 0 Å². The molecule has 0 bridgehead atoms. The molecule has 0 fully saturated rings. The van der Waals surface area contributed by atoms with E-state index in [2.05, 4.69) is 35.4 Å². The second-order valence-electron chi connectivity index (χ2n) is 6.02. The van der Waals surface area contributed by atoms with Crippen molar-refractivity contribution in [2.45, 2.75) is 52.5 Å². The molecule has 0 amide bonds. The Balaban J connectivity index is 0.000000450. The summed E-state index contributed by atoms with van der Waals surface area (Å²) in [5.74, 6) is 1.03. The maximum absolute atomic E-state index is 6.00. The van der Waals surface area contributed by atoms with Crippen LogP contribution in [-0.4, -0.2) is 24.5 Å². The lowest BCUT2D eigenvalue weighted by Gasteiger charge is -2.26. The SMILES string of the molecule is C=N/C=C\C=C/CC1=Nc2cc(Cl)ccc2CN1C.CCCCCC. The van der Waals surface area contributed by atoms with Gasteiger partial charge in [-0.1, -0.05) is 69.4 Å². The molecule has 25 heavy (non-hydrogen) atoms. The normalized spacial score (nSPS) is 13.4. The summed E-state index contributed by atoms with van der Waals surface area (Å²) in [5, 5.41) is 0.724. The van der Waals surface area contributed by atoms with Gasteiger partial charge in [0.15, 0.2) is 0 Å². The van der Waals surface area contributed by atoms with Crippen LogP contribution in [0.25, 0.3) is 0 Å². The third-order valence-electron chi connectivity index (χ3n) is 3.84. The summed E-state index contributed by atoms with van der Waals surface area (Å²) in [5.41, 5.74) is 2.17. The van der Waals surface area contributed by atoms with E-state index in [0.717, 1.165) is 29.5 Å². The molecule has 0 saturated carbocycles. The third kappa shape index (κ3) is 8.17. The molecule has 1 aliphatic rings.